The fraction of sp³-hybridized carbons (Fsp3) is 0.412. The standard InChI is InChI=1S/C17H22N4O5/c1-8(13(19)17(24)25)9(18)6-12-14(22)15(23)16(26-12)21-7-20-10-4-2-3-5-11(10)21/h2-5,7,9,12-16,22-23H,1,6,18-19H2,(H,24,25). The molecule has 1 saturated heterocycles. The van der Waals surface area contributed by atoms with Crippen LogP contribution in [0.15, 0.2) is 42.7 Å². The average Bonchev–Trinajstić information content (AvgIpc) is 3.16. The van der Waals surface area contributed by atoms with E-state index in [1.165, 1.54) is 6.33 Å². The van der Waals surface area contributed by atoms with Crippen molar-refractivity contribution in [3.8, 4) is 0 Å². The topological polar surface area (TPSA) is 157 Å². The van der Waals surface area contributed by atoms with E-state index in [2.05, 4.69) is 11.6 Å². The summed E-state index contributed by atoms with van der Waals surface area (Å²) in [4.78, 5) is 15.2. The van der Waals surface area contributed by atoms with E-state index in [4.69, 9.17) is 21.3 Å². The molecule has 0 bridgehead atoms. The number of nitrogens with zero attached hydrogens (tertiary/aromatic N) is 2. The van der Waals surface area contributed by atoms with Gasteiger partial charge in [-0.3, -0.25) is 4.79 Å². The molecule has 0 spiro atoms. The number of para-hydroxylation sites is 2. The van der Waals surface area contributed by atoms with Gasteiger partial charge < -0.3 is 36.1 Å². The van der Waals surface area contributed by atoms with E-state index in [9.17, 15) is 15.0 Å². The Labute approximate surface area is 149 Å². The lowest BCUT2D eigenvalue weighted by atomic mass is 9.95. The summed E-state index contributed by atoms with van der Waals surface area (Å²) in [5.41, 5.74) is 13.1. The summed E-state index contributed by atoms with van der Waals surface area (Å²) in [6.07, 6.45) is -2.42. The zero-order valence-corrected chi connectivity index (χ0v) is 14.0. The molecule has 1 aromatic heterocycles. The molecule has 3 rings (SSSR count). The quantitative estimate of drug-likeness (QED) is 0.424. The van der Waals surface area contributed by atoms with Gasteiger partial charge in [0.2, 0.25) is 0 Å². The highest BCUT2D eigenvalue weighted by Crippen LogP contribution is 2.34. The van der Waals surface area contributed by atoms with Gasteiger partial charge in [0.1, 0.15) is 18.2 Å². The van der Waals surface area contributed by atoms with Crippen LogP contribution >= 0.6 is 0 Å². The maximum atomic E-state index is 11.0. The number of aromatic nitrogens is 2. The number of carboxylic acid groups (broad SMARTS) is 1. The number of hydrogen-bond donors (Lipinski definition) is 5. The monoisotopic (exact) mass is 362 g/mol. The predicted molar refractivity (Wildman–Crippen MR) is 93.0 cm³/mol. The van der Waals surface area contributed by atoms with Gasteiger partial charge in [0.15, 0.2) is 6.23 Å². The molecule has 1 aliphatic heterocycles. The molecule has 0 radical (unpaired) electrons. The molecule has 26 heavy (non-hydrogen) atoms. The Morgan fingerprint density at radius 3 is 2.69 bits per heavy atom. The Balaban J connectivity index is 1.76. The highest BCUT2D eigenvalue weighted by atomic mass is 16.6. The first kappa shape index (κ1) is 18.5. The van der Waals surface area contributed by atoms with Crippen molar-refractivity contribution in [1.82, 2.24) is 9.55 Å². The number of carboxylic acids is 1. The third-order valence-corrected chi connectivity index (χ3v) is 4.72. The zero-order chi connectivity index (χ0) is 19.0. The average molecular weight is 362 g/mol. The SMILES string of the molecule is C=C(C(N)CC1OC(n2cnc3ccccc32)C(O)C1O)C(N)C(=O)O. The number of nitrogens with two attached hydrogens (primary N) is 2. The van der Waals surface area contributed by atoms with Crippen molar-refractivity contribution in [2.45, 2.75) is 43.0 Å². The number of hydrogen-bond acceptors (Lipinski definition) is 7. The number of benzene rings is 1. The number of aliphatic carboxylic acids is 1. The van der Waals surface area contributed by atoms with Crippen LogP contribution in [0.1, 0.15) is 12.6 Å². The molecule has 0 aliphatic carbocycles. The molecule has 0 amide bonds. The number of carbonyl (C=O) groups is 1. The summed E-state index contributed by atoms with van der Waals surface area (Å²) < 4.78 is 7.46. The second-order valence-electron chi connectivity index (χ2n) is 6.42. The molecular formula is C17H22N4O5. The number of ether oxygens (including phenoxy) is 1. The molecule has 7 N–H and O–H groups in total. The summed E-state index contributed by atoms with van der Waals surface area (Å²) in [6, 6.07) is 5.24. The number of fused-ring (bicyclic) bond motifs is 1. The lowest BCUT2D eigenvalue weighted by Gasteiger charge is -2.22. The molecule has 9 heteroatoms. The van der Waals surface area contributed by atoms with Crippen molar-refractivity contribution in [1.29, 1.82) is 0 Å². The summed E-state index contributed by atoms with van der Waals surface area (Å²) in [7, 11) is 0. The second-order valence-corrected chi connectivity index (χ2v) is 6.42. The van der Waals surface area contributed by atoms with E-state index >= 15 is 0 Å². The smallest absolute Gasteiger partial charge is 0.324 e. The van der Waals surface area contributed by atoms with Gasteiger partial charge in [0, 0.05) is 6.04 Å². The minimum atomic E-state index is -1.30. The summed E-state index contributed by atoms with van der Waals surface area (Å²) in [5, 5.41) is 29.7. The predicted octanol–water partition coefficient (Wildman–Crippen LogP) is -0.659. The fourth-order valence-corrected chi connectivity index (χ4v) is 3.13. The van der Waals surface area contributed by atoms with Crippen molar-refractivity contribution in [2.75, 3.05) is 0 Å². The number of aliphatic hydroxyl groups excluding tert-OH is 2. The van der Waals surface area contributed by atoms with E-state index in [1.807, 2.05) is 24.3 Å². The molecular weight excluding hydrogens is 340 g/mol. The van der Waals surface area contributed by atoms with Crippen LogP contribution < -0.4 is 11.5 Å². The molecule has 2 aromatic rings. The molecule has 1 fully saturated rings. The largest absolute Gasteiger partial charge is 0.480 e. The molecule has 6 unspecified atom stereocenters. The van der Waals surface area contributed by atoms with E-state index in [-0.39, 0.29) is 12.0 Å². The van der Waals surface area contributed by atoms with Gasteiger partial charge >= 0.3 is 5.97 Å². The van der Waals surface area contributed by atoms with Crippen LogP contribution in [-0.4, -0.2) is 61.2 Å². The van der Waals surface area contributed by atoms with Crippen molar-refractivity contribution in [3.05, 3.63) is 42.7 Å². The van der Waals surface area contributed by atoms with Crippen LogP contribution in [-0.2, 0) is 9.53 Å². The van der Waals surface area contributed by atoms with Crippen LogP contribution in [0.2, 0.25) is 0 Å². The molecule has 1 aliphatic rings. The second kappa shape index (κ2) is 7.14. The Morgan fingerprint density at radius 2 is 2.00 bits per heavy atom. The minimum absolute atomic E-state index is 0.0706. The van der Waals surface area contributed by atoms with Gasteiger partial charge in [-0.15, -0.1) is 0 Å². The maximum Gasteiger partial charge on any atom is 0.324 e. The van der Waals surface area contributed by atoms with Gasteiger partial charge in [-0.2, -0.15) is 0 Å². The zero-order valence-electron chi connectivity index (χ0n) is 14.0. The van der Waals surface area contributed by atoms with Crippen LogP contribution in [0.3, 0.4) is 0 Å². The number of rotatable bonds is 6. The Bertz CT molecular complexity index is 822. The Hall–Kier alpha value is -2.30. The highest BCUT2D eigenvalue weighted by molar-refractivity contribution is 5.77. The highest BCUT2D eigenvalue weighted by Gasteiger charge is 2.44. The first-order valence-corrected chi connectivity index (χ1v) is 8.17. The summed E-state index contributed by atoms with van der Waals surface area (Å²) in [6.45, 7) is 3.63. The van der Waals surface area contributed by atoms with Crippen molar-refractivity contribution < 1.29 is 24.9 Å². The molecule has 0 saturated carbocycles. The van der Waals surface area contributed by atoms with Crippen LogP contribution in [0.25, 0.3) is 11.0 Å². The third kappa shape index (κ3) is 3.22. The molecule has 140 valence electrons. The first-order valence-electron chi connectivity index (χ1n) is 8.17. The van der Waals surface area contributed by atoms with E-state index in [1.54, 1.807) is 4.57 Å². The van der Waals surface area contributed by atoms with E-state index in [0.717, 1.165) is 11.0 Å². The van der Waals surface area contributed by atoms with Crippen LogP contribution in [0.5, 0.6) is 0 Å². The van der Waals surface area contributed by atoms with E-state index in [0.29, 0.717) is 0 Å². The first-order chi connectivity index (χ1) is 12.3. The molecule has 1 aromatic carbocycles. The number of aliphatic hydroxyl groups is 2. The van der Waals surface area contributed by atoms with Gasteiger partial charge in [0.25, 0.3) is 0 Å². The minimum Gasteiger partial charge on any atom is -0.480 e. The van der Waals surface area contributed by atoms with Crippen LogP contribution in [0.4, 0.5) is 0 Å². The van der Waals surface area contributed by atoms with Gasteiger partial charge in [-0.05, 0) is 24.1 Å². The Morgan fingerprint density at radius 1 is 1.31 bits per heavy atom. The summed E-state index contributed by atoms with van der Waals surface area (Å²) >= 11 is 0. The van der Waals surface area contributed by atoms with Gasteiger partial charge in [-0.25, -0.2) is 4.98 Å². The lowest BCUT2D eigenvalue weighted by Crippen LogP contribution is -2.43. The van der Waals surface area contributed by atoms with Crippen LogP contribution in [0, 0.1) is 0 Å². The molecule has 2 heterocycles. The van der Waals surface area contributed by atoms with Gasteiger partial charge in [-0.1, -0.05) is 18.7 Å². The molecule has 6 atom stereocenters. The fourth-order valence-electron chi connectivity index (χ4n) is 3.13. The van der Waals surface area contributed by atoms with Crippen molar-refractivity contribution >= 4 is 17.0 Å². The number of imidazole rings is 1. The lowest BCUT2D eigenvalue weighted by molar-refractivity contribution is -0.137. The maximum absolute atomic E-state index is 11.0. The van der Waals surface area contributed by atoms with Crippen molar-refractivity contribution in [3.63, 3.8) is 0 Å². The molecule has 9 nitrogen and oxygen atoms in total. The normalized spacial score (nSPS) is 28.2. The van der Waals surface area contributed by atoms with Gasteiger partial charge in [0.05, 0.1) is 23.5 Å². The summed E-state index contributed by atoms with van der Waals surface area (Å²) in [5.74, 6) is -1.24. The van der Waals surface area contributed by atoms with E-state index < -0.39 is 42.6 Å². The van der Waals surface area contributed by atoms with Crippen molar-refractivity contribution in [2.24, 2.45) is 11.5 Å². The Kier molecular flexibility index (Phi) is 5.08. The third-order valence-electron chi connectivity index (χ3n) is 4.72.